The molecular weight excluding hydrogens is 691 g/mol. The minimum atomic E-state index is -3.91. The van der Waals surface area contributed by atoms with Crippen LogP contribution in [-0.2, 0) is 25.6 Å². The van der Waals surface area contributed by atoms with Crippen molar-refractivity contribution in [3.8, 4) is 0 Å². The van der Waals surface area contributed by atoms with Crippen LogP contribution >= 0.6 is 0 Å². The monoisotopic (exact) mass is 727 g/mol. The van der Waals surface area contributed by atoms with E-state index in [2.05, 4.69) is 4.98 Å². The minimum Gasteiger partial charge on any atom is -0.262 e. The van der Waals surface area contributed by atoms with Gasteiger partial charge in [0.2, 0.25) is 10.0 Å². The molecule has 3 aromatic heterocycles. The van der Waals surface area contributed by atoms with Crippen molar-refractivity contribution in [3.05, 3.63) is 180 Å². The number of piperidine rings is 1. The summed E-state index contributed by atoms with van der Waals surface area (Å²) in [7, 11) is -7.79. The molecule has 1 saturated heterocycles. The largest absolute Gasteiger partial charge is 0.268 e. The summed E-state index contributed by atoms with van der Waals surface area (Å²) in [5.41, 5.74) is 4.23. The maximum Gasteiger partial charge on any atom is 0.268 e. The Kier molecular flexibility index (Phi) is 8.65. The third-order valence-corrected chi connectivity index (χ3v) is 13.7. The predicted molar refractivity (Wildman–Crippen MR) is 201 cm³/mol. The van der Waals surface area contributed by atoms with Gasteiger partial charge in [-0.3, -0.25) is 9.67 Å². The Morgan fingerprint density at radius 2 is 1.19 bits per heavy atom. The van der Waals surface area contributed by atoms with Crippen molar-refractivity contribution < 1.29 is 16.8 Å². The zero-order chi connectivity index (χ0) is 35.9. The van der Waals surface area contributed by atoms with E-state index >= 15 is 0 Å². The van der Waals surface area contributed by atoms with E-state index in [1.54, 1.807) is 53.7 Å². The van der Waals surface area contributed by atoms with E-state index < -0.39 is 25.6 Å². The summed E-state index contributed by atoms with van der Waals surface area (Å²) >= 11 is 0. The van der Waals surface area contributed by atoms with Crippen molar-refractivity contribution in [3.63, 3.8) is 0 Å². The molecule has 4 heterocycles. The fourth-order valence-electron chi connectivity index (χ4n) is 7.53. The summed E-state index contributed by atoms with van der Waals surface area (Å²) in [5.74, 6) is -0.0459. The van der Waals surface area contributed by atoms with Crippen LogP contribution < -0.4 is 0 Å². The maximum atomic E-state index is 14.3. The highest BCUT2D eigenvalue weighted by Gasteiger charge is 2.41. The van der Waals surface area contributed by atoms with E-state index in [-0.39, 0.29) is 28.8 Å². The van der Waals surface area contributed by atoms with Crippen molar-refractivity contribution in [2.24, 2.45) is 0 Å². The number of benzene rings is 4. The molecule has 0 unspecified atom stereocenters. The molecule has 11 heteroatoms. The molecule has 262 valence electrons. The Morgan fingerprint density at radius 1 is 0.635 bits per heavy atom. The first kappa shape index (κ1) is 33.8. The highest BCUT2D eigenvalue weighted by molar-refractivity contribution is 7.90. The van der Waals surface area contributed by atoms with E-state index in [9.17, 15) is 16.8 Å². The molecule has 0 bridgehead atoms. The SMILES string of the molecule is Cc1ccc(S(=O)(=O)n2cc(C3CCN(S(=O)(=O)c4cnn(C(c5ccccc5)(c5ccccc5)c5ccccc5)c4)CC3)c3ccncc32)cc1. The van der Waals surface area contributed by atoms with E-state index in [1.807, 2.05) is 104 Å². The molecule has 52 heavy (non-hydrogen) atoms. The quantitative estimate of drug-likeness (QED) is 0.146. The van der Waals surface area contributed by atoms with E-state index in [0.717, 1.165) is 33.2 Å². The Labute approximate surface area is 303 Å². The normalized spacial score (nSPS) is 14.9. The molecule has 1 aliphatic heterocycles. The van der Waals surface area contributed by atoms with Crippen LogP contribution in [0.1, 0.15) is 46.6 Å². The summed E-state index contributed by atoms with van der Waals surface area (Å²) in [6.07, 6.45) is 9.07. The molecule has 7 aromatic rings. The first-order valence-electron chi connectivity index (χ1n) is 17.2. The molecule has 4 aromatic carbocycles. The van der Waals surface area contributed by atoms with Gasteiger partial charge in [0.05, 0.1) is 22.8 Å². The van der Waals surface area contributed by atoms with Gasteiger partial charge in [0.15, 0.2) is 0 Å². The molecule has 0 N–H and O–H groups in total. The van der Waals surface area contributed by atoms with Crippen LogP contribution in [0, 0.1) is 6.92 Å². The highest BCUT2D eigenvalue weighted by Crippen LogP contribution is 2.41. The summed E-state index contributed by atoms with van der Waals surface area (Å²) in [6, 6.07) is 38.6. The van der Waals surface area contributed by atoms with Crippen molar-refractivity contribution in [2.45, 2.75) is 41.0 Å². The lowest BCUT2D eigenvalue weighted by Crippen LogP contribution is -2.39. The molecule has 1 fully saturated rings. The van der Waals surface area contributed by atoms with Gasteiger partial charge in [0, 0.05) is 37.1 Å². The van der Waals surface area contributed by atoms with Gasteiger partial charge < -0.3 is 0 Å². The number of rotatable bonds is 9. The number of hydrogen-bond donors (Lipinski definition) is 0. The second-order valence-corrected chi connectivity index (χ2v) is 17.0. The van der Waals surface area contributed by atoms with Gasteiger partial charge >= 0.3 is 0 Å². The van der Waals surface area contributed by atoms with E-state index in [4.69, 9.17) is 5.10 Å². The summed E-state index contributed by atoms with van der Waals surface area (Å²) in [6.45, 7) is 2.47. The smallest absolute Gasteiger partial charge is 0.262 e. The number of pyridine rings is 1. The fraction of sp³-hybridized carbons (Fsp3) is 0.171. The Bertz CT molecular complexity index is 2470. The molecule has 0 atom stereocenters. The summed E-state index contributed by atoms with van der Waals surface area (Å²) in [5, 5.41) is 5.57. The first-order valence-corrected chi connectivity index (χ1v) is 20.1. The fourth-order valence-corrected chi connectivity index (χ4v) is 10.3. The van der Waals surface area contributed by atoms with Gasteiger partial charge in [0.1, 0.15) is 10.4 Å². The highest BCUT2D eigenvalue weighted by atomic mass is 32.2. The zero-order valence-electron chi connectivity index (χ0n) is 28.5. The molecular formula is C41H37N5O4S2. The topological polar surface area (TPSA) is 107 Å². The molecule has 0 radical (unpaired) electrons. The van der Waals surface area contributed by atoms with Gasteiger partial charge in [-0.05, 0) is 66.1 Å². The standard InChI is InChI=1S/C41H37N5O4S2/c1-31-17-19-36(20-18-31)52(49,50)45-30-39(38-21-24-42-28-40(38)45)32-22-25-44(26-23-32)51(47,48)37-27-43-46(29-37)41(33-11-5-2-6-12-33,34-13-7-3-8-14-34)35-15-9-4-10-16-35/h2-21,24,27-30,32H,22-23,25-26H2,1H3. The first-order chi connectivity index (χ1) is 25.2. The van der Waals surface area contributed by atoms with Crippen molar-refractivity contribution in [1.29, 1.82) is 0 Å². The maximum absolute atomic E-state index is 14.3. The van der Waals surface area contributed by atoms with Gasteiger partial charge in [-0.1, -0.05) is 109 Å². The second kappa shape index (κ2) is 13.3. The van der Waals surface area contributed by atoms with Crippen molar-refractivity contribution in [2.75, 3.05) is 13.1 Å². The minimum absolute atomic E-state index is 0.0459. The number of aromatic nitrogens is 4. The Morgan fingerprint density at radius 3 is 1.75 bits per heavy atom. The lowest BCUT2D eigenvalue weighted by molar-refractivity contribution is 0.320. The van der Waals surface area contributed by atoms with Crippen LogP contribution in [0.5, 0.6) is 0 Å². The van der Waals surface area contributed by atoms with Crippen molar-refractivity contribution in [1.82, 2.24) is 23.0 Å². The Hall–Kier alpha value is -5.36. The number of aryl methyl sites for hydroxylation is 1. The van der Waals surface area contributed by atoms with Gasteiger partial charge in [-0.2, -0.15) is 9.40 Å². The van der Waals surface area contributed by atoms with Crippen LogP contribution in [0.25, 0.3) is 10.9 Å². The molecule has 8 rings (SSSR count). The lowest BCUT2D eigenvalue weighted by atomic mass is 9.77. The average Bonchev–Trinajstić information content (AvgIpc) is 3.84. The predicted octanol–water partition coefficient (Wildman–Crippen LogP) is 7.19. The number of fused-ring (bicyclic) bond motifs is 1. The molecule has 0 amide bonds. The van der Waals surface area contributed by atoms with Crippen LogP contribution in [0.4, 0.5) is 0 Å². The van der Waals surface area contributed by atoms with Gasteiger partial charge in [-0.15, -0.1) is 0 Å². The third-order valence-electron chi connectivity index (χ3n) is 10.2. The summed E-state index contributed by atoms with van der Waals surface area (Å²) < 4.78 is 60.7. The van der Waals surface area contributed by atoms with E-state index in [0.29, 0.717) is 18.4 Å². The van der Waals surface area contributed by atoms with E-state index in [1.165, 1.54) is 14.5 Å². The van der Waals surface area contributed by atoms with Crippen LogP contribution in [-0.4, -0.2) is 53.0 Å². The van der Waals surface area contributed by atoms with Crippen molar-refractivity contribution >= 4 is 30.9 Å². The molecule has 0 saturated carbocycles. The molecule has 9 nitrogen and oxygen atoms in total. The summed E-state index contributed by atoms with van der Waals surface area (Å²) in [4.78, 5) is 4.54. The number of sulfonamides is 1. The average molecular weight is 728 g/mol. The second-order valence-electron chi connectivity index (χ2n) is 13.2. The Balaban J connectivity index is 1.11. The number of hydrogen-bond acceptors (Lipinski definition) is 6. The van der Waals surface area contributed by atoms with Gasteiger partial charge in [0.25, 0.3) is 10.0 Å². The van der Waals surface area contributed by atoms with Crippen LogP contribution in [0.15, 0.2) is 162 Å². The zero-order valence-corrected chi connectivity index (χ0v) is 30.2. The van der Waals surface area contributed by atoms with Crippen LogP contribution in [0.2, 0.25) is 0 Å². The van der Waals surface area contributed by atoms with Gasteiger partial charge in [-0.25, -0.2) is 20.8 Å². The molecule has 0 spiro atoms. The number of nitrogens with zero attached hydrogens (tertiary/aromatic N) is 5. The lowest BCUT2D eigenvalue weighted by Gasteiger charge is -2.36. The molecule has 0 aliphatic carbocycles. The third kappa shape index (κ3) is 5.65. The van der Waals surface area contributed by atoms with Crippen LogP contribution in [0.3, 0.4) is 0 Å². The molecule has 1 aliphatic rings.